The van der Waals surface area contributed by atoms with E-state index in [4.69, 9.17) is 5.73 Å². The van der Waals surface area contributed by atoms with Gasteiger partial charge >= 0.3 is 0 Å². The molecule has 0 radical (unpaired) electrons. The third kappa shape index (κ3) is 2.52. The minimum absolute atomic E-state index is 0.285. The molecule has 1 saturated carbocycles. The number of hydrogen-bond donors (Lipinski definition) is 1. The van der Waals surface area contributed by atoms with E-state index in [9.17, 15) is 8.42 Å². The summed E-state index contributed by atoms with van der Waals surface area (Å²) in [5, 5.41) is 0. The summed E-state index contributed by atoms with van der Waals surface area (Å²) in [4.78, 5) is 0. The number of hydrogen-bond acceptors (Lipinski definition) is 3. The van der Waals surface area contributed by atoms with Gasteiger partial charge in [-0.05, 0) is 37.5 Å². The molecule has 2 N–H and O–H groups in total. The molecule has 1 saturated heterocycles. The van der Waals surface area contributed by atoms with Crippen LogP contribution >= 0.6 is 0 Å². The van der Waals surface area contributed by atoms with Gasteiger partial charge < -0.3 is 5.73 Å². The zero-order chi connectivity index (χ0) is 11.1. The van der Waals surface area contributed by atoms with Gasteiger partial charge in [-0.15, -0.1) is 0 Å². The van der Waals surface area contributed by atoms with Gasteiger partial charge in [0.25, 0.3) is 0 Å². The summed E-state index contributed by atoms with van der Waals surface area (Å²) in [5.74, 6) is 1.00. The summed E-state index contributed by atoms with van der Waals surface area (Å²) < 4.78 is 25.6. The second kappa shape index (κ2) is 4.03. The number of rotatable bonds is 3. The molecule has 0 spiro atoms. The molecule has 1 aliphatic carbocycles. The van der Waals surface area contributed by atoms with E-state index >= 15 is 0 Å². The summed E-state index contributed by atoms with van der Waals surface area (Å²) in [6.07, 6.45) is 3.81. The van der Waals surface area contributed by atoms with E-state index in [1.807, 2.05) is 6.92 Å². The quantitative estimate of drug-likeness (QED) is 0.780. The lowest BCUT2D eigenvalue weighted by molar-refractivity contribution is 0.192. The van der Waals surface area contributed by atoms with Crippen molar-refractivity contribution in [1.82, 2.24) is 4.31 Å². The first-order chi connectivity index (χ1) is 7.00. The second-order valence-electron chi connectivity index (χ2n) is 4.94. The molecule has 0 aromatic rings. The molecule has 2 aliphatic rings. The molecule has 2 rings (SSSR count). The number of sulfonamides is 1. The van der Waals surface area contributed by atoms with Gasteiger partial charge in [0.1, 0.15) is 0 Å². The lowest BCUT2D eigenvalue weighted by Gasteiger charge is -2.36. The van der Waals surface area contributed by atoms with E-state index < -0.39 is 10.0 Å². The molecule has 88 valence electrons. The van der Waals surface area contributed by atoms with Crippen LogP contribution in [0, 0.1) is 11.8 Å². The first-order valence-corrected chi connectivity index (χ1v) is 7.37. The van der Waals surface area contributed by atoms with Crippen LogP contribution in [0.15, 0.2) is 0 Å². The predicted octanol–water partition coefficient (Wildman–Crippen LogP) is 0.743. The van der Waals surface area contributed by atoms with Crippen molar-refractivity contribution in [3.63, 3.8) is 0 Å². The van der Waals surface area contributed by atoms with Crippen LogP contribution in [0.25, 0.3) is 0 Å². The first-order valence-electron chi connectivity index (χ1n) is 5.76. The monoisotopic (exact) mass is 232 g/mol. The average Bonchev–Trinajstić information content (AvgIpc) is 2.92. The Hall–Kier alpha value is -0.130. The van der Waals surface area contributed by atoms with Crippen molar-refractivity contribution in [2.24, 2.45) is 17.6 Å². The van der Waals surface area contributed by atoms with Gasteiger partial charge in [-0.25, -0.2) is 8.42 Å². The lowest BCUT2D eigenvalue weighted by atomic mass is 9.99. The first kappa shape index (κ1) is 11.4. The standard InChI is InChI=1S/C10H20N2O2S/c1-8-3-2-6-12(10(8)11)15(13,14)7-9-4-5-9/h8-10H,2-7,11H2,1H3. The summed E-state index contributed by atoms with van der Waals surface area (Å²) in [6, 6.07) is 0. The van der Waals surface area contributed by atoms with E-state index in [1.165, 1.54) is 4.31 Å². The van der Waals surface area contributed by atoms with E-state index in [2.05, 4.69) is 0 Å². The van der Waals surface area contributed by atoms with Gasteiger partial charge in [0.05, 0.1) is 11.9 Å². The maximum absolute atomic E-state index is 12.0. The summed E-state index contributed by atoms with van der Waals surface area (Å²) in [7, 11) is -3.09. The molecule has 0 amide bonds. The summed E-state index contributed by atoms with van der Waals surface area (Å²) in [6.45, 7) is 2.64. The minimum Gasteiger partial charge on any atom is -0.315 e. The number of nitrogens with zero attached hydrogens (tertiary/aromatic N) is 1. The highest BCUT2D eigenvalue weighted by molar-refractivity contribution is 7.89. The third-order valence-corrected chi connectivity index (χ3v) is 5.49. The Morgan fingerprint density at radius 1 is 1.33 bits per heavy atom. The van der Waals surface area contributed by atoms with Crippen LogP contribution in [0.4, 0.5) is 0 Å². The van der Waals surface area contributed by atoms with Gasteiger partial charge in [0, 0.05) is 6.54 Å². The Morgan fingerprint density at radius 2 is 2.00 bits per heavy atom. The Bertz CT molecular complexity index is 324. The maximum atomic E-state index is 12.0. The number of nitrogens with two attached hydrogens (primary N) is 1. The van der Waals surface area contributed by atoms with Crippen LogP contribution in [0.5, 0.6) is 0 Å². The van der Waals surface area contributed by atoms with Crippen molar-refractivity contribution in [1.29, 1.82) is 0 Å². The molecule has 5 heteroatoms. The summed E-state index contributed by atoms with van der Waals surface area (Å²) >= 11 is 0. The SMILES string of the molecule is CC1CCCN(S(=O)(=O)CC2CC2)C1N. The fraction of sp³-hybridized carbons (Fsp3) is 1.00. The smallest absolute Gasteiger partial charge is 0.215 e. The van der Waals surface area contributed by atoms with Crippen LogP contribution in [0.1, 0.15) is 32.6 Å². The molecule has 1 aliphatic heterocycles. The van der Waals surface area contributed by atoms with Gasteiger partial charge in [-0.1, -0.05) is 6.92 Å². The number of piperidine rings is 1. The molecule has 0 bridgehead atoms. The molecular formula is C10H20N2O2S. The zero-order valence-corrected chi connectivity index (χ0v) is 10.0. The largest absolute Gasteiger partial charge is 0.315 e. The van der Waals surface area contributed by atoms with Crippen molar-refractivity contribution in [2.45, 2.75) is 38.8 Å². The Labute approximate surface area is 91.9 Å². The molecule has 2 atom stereocenters. The van der Waals surface area contributed by atoms with Crippen molar-refractivity contribution in [3.05, 3.63) is 0 Å². The molecule has 15 heavy (non-hydrogen) atoms. The molecule has 0 aromatic carbocycles. The normalized spacial score (nSPS) is 34.3. The second-order valence-corrected chi connectivity index (χ2v) is 6.91. The van der Waals surface area contributed by atoms with E-state index in [1.54, 1.807) is 0 Å². The summed E-state index contributed by atoms with van der Waals surface area (Å²) in [5.41, 5.74) is 5.95. The lowest BCUT2D eigenvalue weighted by Crippen LogP contribution is -2.53. The zero-order valence-electron chi connectivity index (χ0n) is 9.22. The molecular weight excluding hydrogens is 212 g/mol. The van der Waals surface area contributed by atoms with Crippen LogP contribution in [0.3, 0.4) is 0 Å². The van der Waals surface area contributed by atoms with Gasteiger partial charge in [0.15, 0.2) is 0 Å². The van der Waals surface area contributed by atoms with E-state index in [-0.39, 0.29) is 12.1 Å². The van der Waals surface area contributed by atoms with Crippen LogP contribution in [-0.2, 0) is 10.0 Å². The maximum Gasteiger partial charge on any atom is 0.215 e. The van der Waals surface area contributed by atoms with Crippen LogP contribution < -0.4 is 5.73 Å². The topological polar surface area (TPSA) is 63.4 Å². The fourth-order valence-electron chi connectivity index (χ4n) is 2.18. The van der Waals surface area contributed by atoms with Crippen molar-refractivity contribution < 1.29 is 8.42 Å². The fourth-order valence-corrected chi connectivity index (χ4v) is 4.28. The molecule has 4 nitrogen and oxygen atoms in total. The van der Waals surface area contributed by atoms with E-state index in [0.717, 1.165) is 25.7 Å². The molecule has 1 heterocycles. The van der Waals surface area contributed by atoms with E-state index in [0.29, 0.717) is 18.2 Å². The molecule has 2 fully saturated rings. The highest BCUT2D eigenvalue weighted by atomic mass is 32.2. The highest BCUT2D eigenvalue weighted by Gasteiger charge is 2.37. The highest BCUT2D eigenvalue weighted by Crippen LogP contribution is 2.32. The Kier molecular flexibility index (Phi) is 3.05. The minimum atomic E-state index is -3.09. The predicted molar refractivity (Wildman–Crippen MR) is 59.6 cm³/mol. The van der Waals surface area contributed by atoms with Gasteiger partial charge in [-0.3, -0.25) is 0 Å². The molecule has 2 unspecified atom stereocenters. The van der Waals surface area contributed by atoms with Crippen molar-refractivity contribution >= 4 is 10.0 Å². The Morgan fingerprint density at radius 3 is 2.60 bits per heavy atom. The van der Waals surface area contributed by atoms with Crippen LogP contribution in [-0.4, -0.2) is 31.2 Å². The molecule has 0 aromatic heterocycles. The Balaban J connectivity index is 2.06. The van der Waals surface area contributed by atoms with Gasteiger partial charge in [0.2, 0.25) is 10.0 Å². The van der Waals surface area contributed by atoms with Crippen LogP contribution in [0.2, 0.25) is 0 Å². The van der Waals surface area contributed by atoms with Crippen molar-refractivity contribution in [3.8, 4) is 0 Å². The average molecular weight is 232 g/mol. The van der Waals surface area contributed by atoms with Crippen molar-refractivity contribution in [2.75, 3.05) is 12.3 Å². The third-order valence-electron chi connectivity index (χ3n) is 3.45. The van der Waals surface area contributed by atoms with Gasteiger partial charge in [-0.2, -0.15) is 4.31 Å².